The molecule has 23 heavy (non-hydrogen) atoms. The number of morpholine rings is 1. The van der Waals surface area contributed by atoms with Gasteiger partial charge in [0.05, 0.1) is 12.6 Å². The lowest BCUT2D eigenvalue weighted by molar-refractivity contribution is -0.160. The first-order chi connectivity index (χ1) is 11.1. The molecule has 2 aromatic rings. The molecule has 0 bridgehead atoms. The zero-order valence-electron chi connectivity index (χ0n) is 12.8. The molecule has 2 saturated heterocycles. The van der Waals surface area contributed by atoms with E-state index < -0.39 is 0 Å². The average Bonchev–Trinajstić information content (AvgIpc) is 2.89. The largest absolute Gasteiger partial charge is 0.382 e. The zero-order valence-corrected chi connectivity index (χ0v) is 14.4. The van der Waals surface area contributed by atoms with Crippen LogP contribution in [0.4, 0.5) is 5.82 Å². The van der Waals surface area contributed by atoms with Gasteiger partial charge in [-0.05, 0) is 35.7 Å². The van der Waals surface area contributed by atoms with E-state index in [1.165, 1.54) is 0 Å². The van der Waals surface area contributed by atoms with Crippen molar-refractivity contribution < 1.29 is 9.53 Å². The van der Waals surface area contributed by atoms with Crippen LogP contribution >= 0.6 is 15.9 Å². The maximum absolute atomic E-state index is 12.4. The molecule has 4 heterocycles. The molecule has 7 nitrogen and oxygen atoms in total. The number of fused-ring (bicyclic) bond motifs is 2. The van der Waals surface area contributed by atoms with Gasteiger partial charge in [0.2, 0.25) is 0 Å². The standard InChI is InChI=1S/C15H18BrN5O2/c1-8-15(22)21-6-9(2-3-10(21)7-23-8)14-19-12(16)11-13(17)18-4-5-20(11)14/h4-5,8-10H,2-3,6-7H2,1H3,(H2,17,18). The Hall–Kier alpha value is -1.67. The number of carbonyl (C=O) groups excluding carboxylic acids is 1. The number of piperidine rings is 1. The Labute approximate surface area is 142 Å². The number of ether oxygens (including phenoxy) is 1. The molecule has 1 amide bonds. The van der Waals surface area contributed by atoms with Crippen molar-refractivity contribution in [1.82, 2.24) is 19.3 Å². The predicted molar refractivity (Wildman–Crippen MR) is 88.0 cm³/mol. The summed E-state index contributed by atoms with van der Waals surface area (Å²) in [6.07, 6.45) is 5.09. The molecule has 3 atom stereocenters. The van der Waals surface area contributed by atoms with E-state index in [2.05, 4.69) is 25.9 Å². The molecule has 0 aliphatic carbocycles. The molecule has 8 heteroatoms. The summed E-state index contributed by atoms with van der Waals surface area (Å²) in [6.45, 7) is 3.11. The number of nitrogens with two attached hydrogens (primary N) is 1. The van der Waals surface area contributed by atoms with Gasteiger partial charge in [-0.25, -0.2) is 9.97 Å². The van der Waals surface area contributed by atoms with Crippen LogP contribution in [0.25, 0.3) is 5.52 Å². The lowest BCUT2D eigenvalue weighted by atomic mass is 9.91. The number of nitrogen functional groups attached to an aromatic ring is 1. The SMILES string of the molecule is CC1OCC2CCC(c3nc(Br)c4c(N)nccn34)CN2C1=O. The van der Waals surface area contributed by atoms with Crippen molar-refractivity contribution in [1.29, 1.82) is 0 Å². The second kappa shape index (κ2) is 5.45. The number of anilines is 1. The number of imidazole rings is 1. The molecule has 0 aromatic carbocycles. The molecule has 2 aliphatic rings. The second-order valence-electron chi connectivity index (χ2n) is 6.19. The summed E-state index contributed by atoms with van der Waals surface area (Å²) in [6, 6.07) is 0.191. The van der Waals surface area contributed by atoms with Crippen molar-refractivity contribution >= 4 is 33.2 Å². The Morgan fingerprint density at radius 1 is 1.43 bits per heavy atom. The number of nitrogens with zero attached hydrogens (tertiary/aromatic N) is 4. The summed E-state index contributed by atoms with van der Waals surface area (Å²) in [4.78, 5) is 23.1. The fourth-order valence-corrected chi connectivity index (χ4v) is 4.15. The van der Waals surface area contributed by atoms with E-state index >= 15 is 0 Å². The van der Waals surface area contributed by atoms with Gasteiger partial charge >= 0.3 is 0 Å². The summed E-state index contributed by atoms with van der Waals surface area (Å²) in [5.41, 5.74) is 6.75. The maximum atomic E-state index is 12.4. The Bertz CT molecular complexity index is 777. The fourth-order valence-electron chi connectivity index (χ4n) is 3.57. The number of rotatable bonds is 1. The van der Waals surface area contributed by atoms with Gasteiger partial charge in [-0.1, -0.05) is 0 Å². The highest BCUT2D eigenvalue weighted by Gasteiger charge is 2.39. The van der Waals surface area contributed by atoms with Crippen LogP contribution in [0.2, 0.25) is 0 Å². The molecule has 2 aromatic heterocycles. The lowest BCUT2D eigenvalue weighted by Gasteiger charge is -2.43. The molecule has 3 unspecified atom stereocenters. The quantitative estimate of drug-likeness (QED) is 0.812. The van der Waals surface area contributed by atoms with E-state index in [1.807, 2.05) is 22.4 Å². The summed E-state index contributed by atoms with van der Waals surface area (Å²) in [5, 5.41) is 0. The molecule has 2 aliphatic heterocycles. The molecule has 0 radical (unpaired) electrons. The molecule has 2 fully saturated rings. The third kappa shape index (κ3) is 2.31. The lowest BCUT2D eigenvalue weighted by Crippen LogP contribution is -2.56. The van der Waals surface area contributed by atoms with Gasteiger partial charge < -0.3 is 15.4 Å². The minimum Gasteiger partial charge on any atom is -0.382 e. The van der Waals surface area contributed by atoms with Crippen molar-refractivity contribution in [3.63, 3.8) is 0 Å². The number of amides is 1. The summed E-state index contributed by atoms with van der Waals surface area (Å²) >= 11 is 3.47. The molecule has 2 N–H and O–H groups in total. The van der Waals surface area contributed by atoms with Gasteiger partial charge in [-0.2, -0.15) is 0 Å². The number of hydrogen-bond donors (Lipinski definition) is 1. The second-order valence-corrected chi connectivity index (χ2v) is 6.94. The van der Waals surface area contributed by atoms with Crippen LogP contribution in [-0.4, -0.2) is 50.5 Å². The zero-order chi connectivity index (χ0) is 16.1. The Morgan fingerprint density at radius 2 is 2.26 bits per heavy atom. The van der Waals surface area contributed by atoms with E-state index in [0.717, 1.165) is 24.2 Å². The summed E-state index contributed by atoms with van der Waals surface area (Å²) < 4.78 is 8.22. The highest BCUT2D eigenvalue weighted by molar-refractivity contribution is 9.10. The van der Waals surface area contributed by atoms with E-state index in [1.54, 1.807) is 6.20 Å². The van der Waals surface area contributed by atoms with E-state index in [9.17, 15) is 4.79 Å². The highest BCUT2D eigenvalue weighted by atomic mass is 79.9. The van der Waals surface area contributed by atoms with Crippen LogP contribution in [0.3, 0.4) is 0 Å². The summed E-state index contributed by atoms with van der Waals surface area (Å²) in [7, 11) is 0. The van der Waals surface area contributed by atoms with Gasteiger partial charge in [0, 0.05) is 24.9 Å². The van der Waals surface area contributed by atoms with Crippen LogP contribution in [0.5, 0.6) is 0 Å². The number of aromatic nitrogens is 3. The minimum absolute atomic E-state index is 0.0760. The normalized spacial score (nSPS) is 28.2. The van der Waals surface area contributed by atoms with Gasteiger partial charge in [0.1, 0.15) is 22.0 Å². The van der Waals surface area contributed by atoms with Crippen LogP contribution < -0.4 is 5.73 Å². The first-order valence-electron chi connectivity index (χ1n) is 7.76. The van der Waals surface area contributed by atoms with E-state index in [0.29, 0.717) is 23.6 Å². The number of halogens is 1. The van der Waals surface area contributed by atoms with Crippen molar-refractivity contribution in [2.24, 2.45) is 0 Å². The van der Waals surface area contributed by atoms with Crippen LogP contribution in [0, 0.1) is 0 Å². The van der Waals surface area contributed by atoms with Gasteiger partial charge in [-0.3, -0.25) is 9.20 Å². The Morgan fingerprint density at radius 3 is 3.09 bits per heavy atom. The van der Waals surface area contributed by atoms with E-state index in [-0.39, 0.29) is 24.0 Å². The number of carbonyl (C=O) groups is 1. The first-order valence-corrected chi connectivity index (χ1v) is 8.55. The van der Waals surface area contributed by atoms with Crippen LogP contribution in [0.15, 0.2) is 17.0 Å². The summed E-state index contributed by atoms with van der Waals surface area (Å²) in [5.74, 6) is 1.63. The minimum atomic E-state index is -0.353. The molecule has 0 saturated carbocycles. The fraction of sp³-hybridized carbons (Fsp3) is 0.533. The Kier molecular flexibility index (Phi) is 3.53. The van der Waals surface area contributed by atoms with Crippen LogP contribution in [-0.2, 0) is 9.53 Å². The maximum Gasteiger partial charge on any atom is 0.251 e. The first kappa shape index (κ1) is 14.9. The van der Waals surface area contributed by atoms with E-state index in [4.69, 9.17) is 10.5 Å². The third-order valence-corrected chi connectivity index (χ3v) is 5.36. The molecular weight excluding hydrogens is 362 g/mol. The molecule has 122 valence electrons. The molecular formula is C15H18BrN5O2. The van der Waals surface area contributed by atoms with Gasteiger partial charge in [-0.15, -0.1) is 0 Å². The average molecular weight is 380 g/mol. The Balaban J connectivity index is 1.69. The molecule has 0 spiro atoms. The predicted octanol–water partition coefficient (Wildman–Crippen LogP) is 1.57. The van der Waals surface area contributed by atoms with Crippen molar-refractivity contribution in [3.8, 4) is 0 Å². The molecule has 4 rings (SSSR count). The number of hydrogen-bond acceptors (Lipinski definition) is 5. The van der Waals surface area contributed by atoms with Crippen LogP contribution in [0.1, 0.15) is 31.5 Å². The van der Waals surface area contributed by atoms with Gasteiger partial charge in [0.25, 0.3) is 5.91 Å². The van der Waals surface area contributed by atoms with Crippen molar-refractivity contribution in [3.05, 3.63) is 22.8 Å². The smallest absolute Gasteiger partial charge is 0.251 e. The van der Waals surface area contributed by atoms with Crippen molar-refractivity contribution in [2.45, 2.75) is 37.8 Å². The monoisotopic (exact) mass is 379 g/mol. The topological polar surface area (TPSA) is 85.8 Å². The highest BCUT2D eigenvalue weighted by Crippen LogP contribution is 2.34. The van der Waals surface area contributed by atoms with Crippen molar-refractivity contribution in [2.75, 3.05) is 18.9 Å². The van der Waals surface area contributed by atoms with Gasteiger partial charge in [0.15, 0.2) is 5.82 Å². The third-order valence-electron chi connectivity index (χ3n) is 4.81.